The molecule has 2 N–H and O–H groups in total. The van der Waals surface area contributed by atoms with Crippen LogP contribution in [0.2, 0.25) is 0 Å². The summed E-state index contributed by atoms with van der Waals surface area (Å²) in [6.45, 7) is 8.52. The van der Waals surface area contributed by atoms with Crippen molar-refractivity contribution in [2.75, 3.05) is 11.9 Å². The number of Topliss-reactive ketones (excluding diaryl/α,β-unsaturated/α-hetero) is 2. The van der Waals surface area contributed by atoms with Crippen LogP contribution in [0.5, 0.6) is 0 Å². The van der Waals surface area contributed by atoms with Crippen LogP contribution < -0.4 is 5.32 Å². The topological polar surface area (TPSA) is 166 Å². The first-order chi connectivity index (χ1) is 22.8. The molecule has 246 valence electrons. The van der Waals surface area contributed by atoms with E-state index in [9.17, 15) is 29.1 Å². The van der Waals surface area contributed by atoms with Crippen LogP contribution in [-0.4, -0.2) is 56.1 Å². The number of anilines is 1. The second-order valence-corrected chi connectivity index (χ2v) is 11.2. The molecule has 5 aromatic rings. The predicted octanol–water partition coefficient (Wildman–Crippen LogP) is 6.70. The average Bonchev–Trinajstić information content (AvgIpc) is 3.08. The number of fused-ring (bicyclic) bond motifs is 1. The van der Waals surface area contributed by atoms with E-state index >= 15 is 0 Å². The molecule has 0 atom stereocenters. The lowest BCUT2D eigenvalue weighted by Gasteiger charge is -2.18. The third-order valence-electron chi connectivity index (χ3n) is 6.55. The number of carboxylic acids is 1. The maximum Gasteiger partial charge on any atom is 0.379 e. The molecule has 0 saturated heterocycles. The van der Waals surface area contributed by atoms with Gasteiger partial charge in [0.2, 0.25) is 5.91 Å². The Morgan fingerprint density at radius 3 is 1.98 bits per heavy atom. The van der Waals surface area contributed by atoms with E-state index in [0.29, 0.717) is 16.6 Å². The van der Waals surface area contributed by atoms with Gasteiger partial charge < -0.3 is 15.2 Å². The summed E-state index contributed by atoms with van der Waals surface area (Å²) < 4.78 is 4.66. The van der Waals surface area contributed by atoms with Gasteiger partial charge in [0, 0.05) is 46.7 Å². The Balaban J connectivity index is 0.000000209. The molecule has 2 aromatic carbocycles. The van der Waals surface area contributed by atoms with Crippen LogP contribution in [0.4, 0.5) is 5.69 Å². The summed E-state index contributed by atoms with van der Waals surface area (Å²) in [6.07, 6.45) is 5.80. The maximum atomic E-state index is 11.9. The van der Waals surface area contributed by atoms with Crippen molar-refractivity contribution in [1.29, 1.82) is 0 Å². The molecule has 0 aliphatic heterocycles. The molecule has 5 rings (SSSR count). The third kappa shape index (κ3) is 10.2. The van der Waals surface area contributed by atoms with Crippen molar-refractivity contribution in [3.05, 3.63) is 120 Å². The number of pyridine rings is 3. The Morgan fingerprint density at radius 1 is 0.812 bits per heavy atom. The monoisotopic (exact) mass is 648 g/mol. The Kier molecular flexibility index (Phi) is 12.9. The predicted molar refractivity (Wildman–Crippen MR) is 182 cm³/mol. The van der Waals surface area contributed by atoms with Crippen LogP contribution in [0.15, 0.2) is 104 Å². The number of nitrogens with one attached hydrogen (secondary N) is 1. The van der Waals surface area contributed by atoms with E-state index in [4.69, 9.17) is 0 Å². The zero-order valence-electron chi connectivity index (χ0n) is 27.3. The zero-order chi connectivity index (χ0) is 35.3. The summed E-state index contributed by atoms with van der Waals surface area (Å²) in [6, 6.07) is 23.5. The number of carbonyl (C=O) groups is 5. The molecular weight excluding hydrogens is 612 g/mol. The Morgan fingerprint density at radius 2 is 1.42 bits per heavy atom. The molecule has 11 heteroatoms. The second-order valence-electron chi connectivity index (χ2n) is 11.2. The number of carboxylic acid groups (broad SMARTS) is 1. The van der Waals surface area contributed by atoms with Crippen molar-refractivity contribution in [3.63, 3.8) is 0 Å². The summed E-state index contributed by atoms with van der Waals surface area (Å²) >= 11 is 0. The first-order valence-electron chi connectivity index (χ1n) is 14.9. The molecule has 0 aliphatic rings. The van der Waals surface area contributed by atoms with Crippen molar-refractivity contribution < 1.29 is 33.8 Å². The number of aromatic nitrogens is 3. The molecule has 0 radical (unpaired) electrons. The smallest absolute Gasteiger partial charge is 0.379 e. The summed E-state index contributed by atoms with van der Waals surface area (Å²) in [5.74, 6) is -2.91. The van der Waals surface area contributed by atoms with Crippen LogP contribution in [0.25, 0.3) is 22.2 Å². The van der Waals surface area contributed by atoms with Gasteiger partial charge in [-0.2, -0.15) is 0 Å². The first-order valence-corrected chi connectivity index (χ1v) is 14.9. The number of ether oxygens (including phenoxy) is 1. The Bertz CT molecular complexity index is 1900. The summed E-state index contributed by atoms with van der Waals surface area (Å²) in [5.41, 5.74) is 2.82. The zero-order valence-corrected chi connectivity index (χ0v) is 27.3. The molecule has 0 aliphatic carbocycles. The lowest BCUT2D eigenvalue weighted by Crippen LogP contribution is -2.29. The summed E-state index contributed by atoms with van der Waals surface area (Å²) in [7, 11) is 0. The van der Waals surface area contributed by atoms with Gasteiger partial charge in [0.15, 0.2) is 5.78 Å². The van der Waals surface area contributed by atoms with Crippen LogP contribution in [-0.2, 0) is 14.3 Å². The van der Waals surface area contributed by atoms with Crippen LogP contribution in [0.1, 0.15) is 65.7 Å². The van der Waals surface area contributed by atoms with E-state index in [1.165, 1.54) is 24.7 Å². The van der Waals surface area contributed by atoms with Gasteiger partial charge in [0.25, 0.3) is 5.78 Å². The standard InChI is InChI=1S/C15H10N2O2.C14H18N2O4.C8H8O/c18-15(19)11-8-14(10-4-2-1-3-5-10)17-13-6-7-16-9-12(11)13;1-5-20-12(18)11(17)9-8-15-7-6-10(9)16-13(19)14(2,3)4;1-7(9)8-5-3-2-4-6-8/h1-9H,(H,18,19);6-8H,5H2,1-4H3,(H,15,16,19);2-6H,1H3. The minimum atomic E-state index is -0.974. The molecule has 11 nitrogen and oxygen atoms in total. The van der Waals surface area contributed by atoms with Gasteiger partial charge in [-0.05, 0) is 32.0 Å². The molecule has 0 unspecified atom stereocenters. The largest absolute Gasteiger partial charge is 0.478 e. The maximum absolute atomic E-state index is 11.9. The lowest BCUT2D eigenvalue weighted by atomic mass is 9.95. The number of rotatable bonds is 7. The van der Waals surface area contributed by atoms with E-state index in [1.54, 1.807) is 52.9 Å². The molecule has 48 heavy (non-hydrogen) atoms. The fourth-order valence-corrected chi connectivity index (χ4v) is 3.98. The average molecular weight is 649 g/mol. The van der Waals surface area contributed by atoms with Crippen LogP contribution >= 0.6 is 0 Å². The number of ketones is 2. The minimum Gasteiger partial charge on any atom is -0.478 e. The van der Waals surface area contributed by atoms with E-state index < -0.39 is 23.1 Å². The van der Waals surface area contributed by atoms with Crippen molar-refractivity contribution in [1.82, 2.24) is 15.0 Å². The highest BCUT2D eigenvalue weighted by Gasteiger charge is 2.26. The number of hydrogen-bond acceptors (Lipinski definition) is 9. The van der Waals surface area contributed by atoms with Crippen molar-refractivity contribution >= 4 is 46.0 Å². The highest BCUT2D eigenvalue weighted by atomic mass is 16.5. The first kappa shape index (κ1) is 36.4. The van der Waals surface area contributed by atoms with Gasteiger partial charge in [-0.25, -0.2) is 14.6 Å². The number of esters is 1. The van der Waals surface area contributed by atoms with Gasteiger partial charge in [-0.15, -0.1) is 0 Å². The number of benzene rings is 2. The third-order valence-corrected chi connectivity index (χ3v) is 6.55. The Hall–Kier alpha value is -6.10. The van der Waals surface area contributed by atoms with Gasteiger partial charge in [0.05, 0.1) is 34.6 Å². The molecule has 3 heterocycles. The highest BCUT2D eigenvalue weighted by molar-refractivity contribution is 6.42. The SMILES string of the molecule is CC(=O)c1ccccc1.CCOC(=O)C(=O)c1cnccc1NC(=O)C(C)(C)C.O=C(O)c1cc(-c2ccccc2)nc2ccncc12. The van der Waals surface area contributed by atoms with E-state index in [0.717, 1.165) is 11.1 Å². The fourth-order valence-electron chi connectivity index (χ4n) is 3.98. The molecule has 3 aromatic heterocycles. The van der Waals surface area contributed by atoms with E-state index in [2.05, 4.69) is 25.0 Å². The van der Waals surface area contributed by atoms with Crippen molar-refractivity contribution in [2.24, 2.45) is 5.41 Å². The molecule has 0 spiro atoms. The number of aromatic carboxylic acids is 1. The molecular formula is C37H36N4O7. The van der Waals surface area contributed by atoms with Crippen LogP contribution in [0.3, 0.4) is 0 Å². The van der Waals surface area contributed by atoms with E-state index in [1.807, 2.05) is 60.7 Å². The number of nitrogens with zero attached hydrogens (tertiary/aromatic N) is 3. The van der Waals surface area contributed by atoms with Crippen molar-refractivity contribution in [3.8, 4) is 11.3 Å². The second kappa shape index (κ2) is 17.0. The quantitative estimate of drug-likeness (QED) is 0.110. The van der Waals surface area contributed by atoms with Gasteiger partial charge in [-0.3, -0.25) is 24.4 Å². The van der Waals surface area contributed by atoms with Gasteiger partial charge in [0.1, 0.15) is 0 Å². The van der Waals surface area contributed by atoms with Gasteiger partial charge in [-0.1, -0.05) is 81.4 Å². The molecule has 0 fully saturated rings. The normalized spacial score (nSPS) is 10.4. The summed E-state index contributed by atoms with van der Waals surface area (Å²) in [5, 5.41) is 12.5. The lowest BCUT2D eigenvalue weighted by molar-refractivity contribution is -0.137. The Labute approximate surface area is 278 Å². The van der Waals surface area contributed by atoms with Crippen LogP contribution in [0, 0.1) is 5.41 Å². The number of carbonyl (C=O) groups excluding carboxylic acids is 4. The number of amides is 1. The highest BCUT2D eigenvalue weighted by Crippen LogP contribution is 2.24. The number of hydrogen-bond donors (Lipinski definition) is 2. The van der Waals surface area contributed by atoms with E-state index in [-0.39, 0.29) is 35.1 Å². The molecule has 0 bridgehead atoms. The van der Waals surface area contributed by atoms with Crippen molar-refractivity contribution in [2.45, 2.75) is 34.6 Å². The minimum absolute atomic E-state index is 0.0172. The molecule has 1 amide bonds. The summed E-state index contributed by atoms with van der Waals surface area (Å²) in [4.78, 5) is 69.6. The fraction of sp³-hybridized carbons (Fsp3) is 0.189. The van der Waals surface area contributed by atoms with Gasteiger partial charge >= 0.3 is 11.9 Å². The molecule has 0 saturated carbocycles.